The molecule has 33 heavy (non-hydrogen) atoms. The Morgan fingerprint density at radius 1 is 0.909 bits per heavy atom. The molecule has 0 bridgehead atoms. The molecule has 1 aliphatic heterocycles. The molecule has 1 heterocycles. The first-order valence-corrected chi connectivity index (χ1v) is 11.5. The molecule has 2 N–H and O–H groups in total. The number of fused-ring (bicyclic) bond motifs is 1. The van der Waals surface area contributed by atoms with Crippen molar-refractivity contribution in [1.29, 1.82) is 0 Å². The molecule has 3 aromatic carbocycles. The number of rotatable bonds is 3. The van der Waals surface area contributed by atoms with Gasteiger partial charge in [0, 0.05) is 33.8 Å². The molecule has 166 valence electrons. The molecule has 4 nitrogen and oxygen atoms in total. The fraction of sp³-hybridized carbons (Fsp3) is 0.214. The average molecular weight is 457 g/mol. The third kappa shape index (κ3) is 4.19. The van der Waals surface area contributed by atoms with Gasteiger partial charge in [-0.1, -0.05) is 67.9 Å². The van der Waals surface area contributed by atoms with E-state index in [1.807, 2.05) is 72.8 Å². The van der Waals surface area contributed by atoms with E-state index in [4.69, 9.17) is 11.6 Å². The summed E-state index contributed by atoms with van der Waals surface area (Å²) in [5, 5.41) is 7.69. The van der Waals surface area contributed by atoms with Crippen LogP contribution in [0.4, 0.5) is 11.4 Å². The van der Waals surface area contributed by atoms with Gasteiger partial charge in [0.15, 0.2) is 11.6 Å². The van der Waals surface area contributed by atoms with E-state index in [-0.39, 0.29) is 23.0 Å². The van der Waals surface area contributed by atoms with Crippen molar-refractivity contribution in [3.63, 3.8) is 0 Å². The lowest BCUT2D eigenvalue weighted by Gasteiger charge is -2.34. The Hall–Kier alpha value is -3.37. The average Bonchev–Trinajstić information content (AvgIpc) is 2.94. The highest BCUT2D eigenvalue weighted by Gasteiger charge is 2.38. The van der Waals surface area contributed by atoms with Gasteiger partial charge in [0.1, 0.15) is 0 Å². The summed E-state index contributed by atoms with van der Waals surface area (Å²) in [6.45, 7) is 4.23. The minimum atomic E-state index is -0.363. The highest BCUT2D eigenvalue weighted by Crippen LogP contribution is 2.45. The Kier molecular flexibility index (Phi) is 5.34. The standard InChI is InChI=1S/C28H25ClN2O2/c1-28(2)15-23-25(24(32)16-28)26(18-9-6-10-20(29)13-18)31-22-14-19(11-12-21(22)30-23)27(33)17-7-4-3-5-8-17/h3-14,26,30-31H,15-16H2,1-2H3/t26-/m1/s1. The van der Waals surface area contributed by atoms with Gasteiger partial charge in [0.05, 0.1) is 17.4 Å². The summed E-state index contributed by atoms with van der Waals surface area (Å²) < 4.78 is 0. The minimum Gasteiger partial charge on any atom is -0.372 e. The van der Waals surface area contributed by atoms with Gasteiger partial charge in [-0.15, -0.1) is 0 Å². The summed E-state index contributed by atoms with van der Waals surface area (Å²) in [6, 6.07) is 22.1. The maximum absolute atomic E-state index is 13.4. The molecule has 2 aliphatic rings. The van der Waals surface area contributed by atoms with E-state index in [0.717, 1.165) is 34.6 Å². The molecule has 0 fully saturated rings. The molecule has 0 spiro atoms. The van der Waals surface area contributed by atoms with Gasteiger partial charge in [-0.25, -0.2) is 0 Å². The van der Waals surface area contributed by atoms with E-state index in [1.54, 1.807) is 0 Å². The SMILES string of the molecule is CC1(C)CC(=O)C2=C(C1)Nc1ccc(C(=O)c3ccccc3)cc1N[C@@H]2c1cccc(Cl)c1. The van der Waals surface area contributed by atoms with Crippen LogP contribution in [0.1, 0.15) is 54.2 Å². The van der Waals surface area contributed by atoms with Gasteiger partial charge < -0.3 is 10.6 Å². The normalized spacial score (nSPS) is 19.0. The van der Waals surface area contributed by atoms with E-state index < -0.39 is 0 Å². The summed E-state index contributed by atoms with van der Waals surface area (Å²) in [5.74, 6) is 0.0818. The fourth-order valence-corrected chi connectivity index (χ4v) is 4.98. The van der Waals surface area contributed by atoms with Crippen molar-refractivity contribution in [2.24, 2.45) is 5.41 Å². The predicted octanol–water partition coefficient (Wildman–Crippen LogP) is 6.79. The molecule has 0 saturated carbocycles. The predicted molar refractivity (Wildman–Crippen MR) is 133 cm³/mol. The third-order valence-electron chi connectivity index (χ3n) is 6.29. The molecular formula is C28H25ClN2O2. The van der Waals surface area contributed by atoms with E-state index in [2.05, 4.69) is 24.5 Å². The second-order valence-electron chi connectivity index (χ2n) is 9.55. The highest BCUT2D eigenvalue weighted by molar-refractivity contribution is 6.30. The third-order valence-corrected chi connectivity index (χ3v) is 6.53. The summed E-state index contributed by atoms with van der Waals surface area (Å²) in [6.07, 6.45) is 1.25. The maximum Gasteiger partial charge on any atom is 0.193 e. The number of hydrogen-bond acceptors (Lipinski definition) is 4. The van der Waals surface area contributed by atoms with Crippen LogP contribution in [0.25, 0.3) is 0 Å². The lowest BCUT2D eigenvalue weighted by molar-refractivity contribution is -0.118. The van der Waals surface area contributed by atoms with Gasteiger partial charge in [0.2, 0.25) is 0 Å². The van der Waals surface area contributed by atoms with Crippen LogP contribution in [0.3, 0.4) is 0 Å². The van der Waals surface area contributed by atoms with Crippen LogP contribution in [0, 0.1) is 5.41 Å². The first-order valence-electron chi connectivity index (χ1n) is 11.1. The molecule has 0 aromatic heterocycles. The van der Waals surface area contributed by atoms with Crippen LogP contribution in [0.5, 0.6) is 0 Å². The Bertz CT molecular complexity index is 1290. The first-order chi connectivity index (χ1) is 15.8. The Morgan fingerprint density at radius 3 is 2.45 bits per heavy atom. The van der Waals surface area contributed by atoms with Gasteiger partial charge in [-0.2, -0.15) is 0 Å². The Morgan fingerprint density at radius 2 is 1.70 bits per heavy atom. The zero-order chi connectivity index (χ0) is 23.2. The number of benzene rings is 3. The quantitative estimate of drug-likeness (QED) is 0.426. The highest BCUT2D eigenvalue weighted by atomic mass is 35.5. The first kappa shape index (κ1) is 21.5. The number of carbonyl (C=O) groups excluding carboxylic acids is 2. The zero-order valence-electron chi connectivity index (χ0n) is 18.6. The van der Waals surface area contributed by atoms with Crippen LogP contribution in [-0.2, 0) is 4.79 Å². The smallest absolute Gasteiger partial charge is 0.193 e. The summed E-state index contributed by atoms with van der Waals surface area (Å²) >= 11 is 6.31. The molecule has 5 rings (SSSR count). The number of Topliss-reactive ketones (excluding diaryl/α,β-unsaturated/α-hetero) is 1. The van der Waals surface area contributed by atoms with Crippen LogP contribution in [0.2, 0.25) is 5.02 Å². The number of nitrogens with one attached hydrogen (secondary N) is 2. The maximum atomic E-state index is 13.4. The van der Waals surface area contributed by atoms with Gasteiger partial charge >= 0.3 is 0 Å². The number of carbonyl (C=O) groups is 2. The van der Waals surface area contributed by atoms with Crippen molar-refractivity contribution in [1.82, 2.24) is 0 Å². The minimum absolute atomic E-state index is 0.0429. The van der Waals surface area contributed by atoms with E-state index in [0.29, 0.717) is 22.6 Å². The van der Waals surface area contributed by atoms with Crippen LogP contribution >= 0.6 is 11.6 Å². The fourth-order valence-electron chi connectivity index (χ4n) is 4.78. The van der Waals surface area contributed by atoms with Gasteiger partial charge in [-0.05, 0) is 47.7 Å². The molecule has 5 heteroatoms. The monoisotopic (exact) mass is 456 g/mol. The van der Waals surface area contributed by atoms with Crippen LogP contribution < -0.4 is 10.6 Å². The van der Waals surface area contributed by atoms with Crippen molar-refractivity contribution in [3.8, 4) is 0 Å². The molecule has 0 amide bonds. The van der Waals surface area contributed by atoms with Crippen molar-refractivity contribution in [3.05, 3.63) is 106 Å². The summed E-state index contributed by atoms with van der Waals surface area (Å²) in [5.41, 5.74) is 5.31. The lowest BCUT2D eigenvalue weighted by Crippen LogP contribution is -2.31. The molecule has 0 saturated heterocycles. The number of anilines is 2. The molecule has 1 atom stereocenters. The summed E-state index contributed by atoms with van der Waals surface area (Å²) in [4.78, 5) is 26.4. The van der Waals surface area contributed by atoms with Crippen molar-refractivity contribution in [2.75, 3.05) is 10.6 Å². The number of allylic oxidation sites excluding steroid dienone is 1. The van der Waals surface area contributed by atoms with Crippen molar-refractivity contribution >= 4 is 34.5 Å². The molecule has 0 unspecified atom stereocenters. The van der Waals surface area contributed by atoms with Gasteiger partial charge in [-0.3, -0.25) is 9.59 Å². The van der Waals surface area contributed by atoms with Crippen molar-refractivity contribution < 1.29 is 9.59 Å². The molecule has 0 radical (unpaired) electrons. The van der Waals surface area contributed by atoms with Crippen molar-refractivity contribution in [2.45, 2.75) is 32.7 Å². The van der Waals surface area contributed by atoms with E-state index >= 15 is 0 Å². The topological polar surface area (TPSA) is 58.2 Å². The Balaban J connectivity index is 1.61. The number of halogens is 1. The molecular weight excluding hydrogens is 432 g/mol. The van der Waals surface area contributed by atoms with E-state index in [9.17, 15) is 9.59 Å². The van der Waals surface area contributed by atoms with Crippen LogP contribution in [-0.4, -0.2) is 11.6 Å². The second kappa shape index (κ2) is 8.20. The Labute approximate surface area is 198 Å². The summed E-state index contributed by atoms with van der Waals surface area (Å²) in [7, 11) is 0. The second-order valence-corrected chi connectivity index (χ2v) is 9.98. The number of hydrogen-bond donors (Lipinski definition) is 2. The molecule has 1 aliphatic carbocycles. The largest absolute Gasteiger partial charge is 0.372 e. The van der Waals surface area contributed by atoms with Gasteiger partial charge in [0.25, 0.3) is 0 Å². The van der Waals surface area contributed by atoms with Crippen LogP contribution in [0.15, 0.2) is 84.1 Å². The van der Waals surface area contributed by atoms with E-state index in [1.165, 1.54) is 0 Å². The lowest BCUT2D eigenvalue weighted by atomic mass is 9.73. The molecule has 3 aromatic rings. The number of ketones is 2. The zero-order valence-corrected chi connectivity index (χ0v) is 19.4.